The number of halogens is 1. The Kier molecular flexibility index (Phi) is 5.46. The predicted octanol–water partition coefficient (Wildman–Crippen LogP) is 3.46. The lowest BCUT2D eigenvalue weighted by Crippen LogP contribution is -2.28. The van der Waals surface area contributed by atoms with Gasteiger partial charge in [0.1, 0.15) is 11.5 Å². The number of carbonyl (C=O) groups is 2. The normalized spacial score (nSPS) is 16.5. The van der Waals surface area contributed by atoms with Crippen LogP contribution in [0.4, 0.5) is 11.4 Å². The molecule has 1 atom stereocenters. The third-order valence-corrected chi connectivity index (χ3v) is 4.83. The number of methoxy groups -OCH3 is 2. The van der Waals surface area contributed by atoms with Gasteiger partial charge >= 0.3 is 0 Å². The molecule has 1 aliphatic rings. The van der Waals surface area contributed by atoms with Crippen LogP contribution in [0.5, 0.6) is 11.5 Å². The Hall–Kier alpha value is -2.54. The van der Waals surface area contributed by atoms with Gasteiger partial charge in [-0.05, 0) is 36.4 Å². The maximum absolute atomic E-state index is 12.6. The number of carbonyl (C=O) groups excluding carboxylic acids is 2. The Morgan fingerprint density at radius 2 is 1.88 bits per heavy atom. The first kappa shape index (κ1) is 18.3. The zero-order chi connectivity index (χ0) is 18.7. The maximum Gasteiger partial charge on any atom is 0.229 e. The van der Waals surface area contributed by atoms with E-state index in [1.807, 2.05) is 24.3 Å². The smallest absolute Gasteiger partial charge is 0.229 e. The second kappa shape index (κ2) is 7.78. The van der Waals surface area contributed by atoms with Crippen LogP contribution >= 0.6 is 15.9 Å². The minimum Gasteiger partial charge on any atom is -0.497 e. The summed E-state index contributed by atoms with van der Waals surface area (Å²) in [6.07, 6.45) is 0.181. The Bertz CT molecular complexity index is 823. The van der Waals surface area contributed by atoms with Crippen molar-refractivity contribution < 1.29 is 19.1 Å². The Labute approximate surface area is 160 Å². The molecule has 136 valence electrons. The molecule has 3 rings (SSSR count). The average Bonchev–Trinajstić information content (AvgIpc) is 3.04. The van der Waals surface area contributed by atoms with Gasteiger partial charge in [-0.2, -0.15) is 0 Å². The van der Waals surface area contributed by atoms with Gasteiger partial charge in [0, 0.05) is 29.2 Å². The second-order valence-electron chi connectivity index (χ2n) is 5.94. The summed E-state index contributed by atoms with van der Waals surface area (Å²) in [6.45, 7) is 0.352. The summed E-state index contributed by atoms with van der Waals surface area (Å²) in [5.41, 5.74) is 1.34. The third-order valence-electron chi connectivity index (χ3n) is 4.30. The molecule has 0 bridgehead atoms. The molecule has 2 aromatic rings. The summed E-state index contributed by atoms with van der Waals surface area (Å²) in [5.74, 6) is 0.456. The van der Waals surface area contributed by atoms with Crippen molar-refractivity contribution in [2.24, 2.45) is 5.92 Å². The second-order valence-corrected chi connectivity index (χ2v) is 6.85. The summed E-state index contributed by atoms with van der Waals surface area (Å²) in [6, 6.07) is 12.6. The molecular weight excluding hydrogens is 400 g/mol. The molecule has 0 spiro atoms. The van der Waals surface area contributed by atoms with Gasteiger partial charge in [0.2, 0.25) is 11.8 Å². The zero-order valence-corrected chi connectivity index (χ0v) is 16.1. The molecule has 0 aliphatic carbocycles. The van der Waals surface area contributed by atoms with Gasteiger partial charge < -0.3 is 19.7 Å². The van der Waals surface area contributed by atoms with E-state index < -0.39 is 5.92 Å². The number of hydrogen-bond acceptors (Lipinski definition) is 4. The molecule has 6 nitrogen and oxygen atoms in total. The Morgan fingerprint density at radius 3 is 2.54 bits per heavy atom. The van der Waals surface area contributed by atoms with Gasteiger partial charge in [0.25, 0.3) is 0 Å². The topological polar surface area (TPSA) is 67.9 Å². The summed E-state index contributed by atoms with van der Waals surface area (Å²) >= 11 is 3.38. The van der Waals surface area contributed by atoms with Crippen LogP contribution in [-0.4, -0.2) is 32.6 Å². The number of hydrogen-bond donors (Lipinski definition) is 1. The standard InChI is InChI=1S/C19H19BrN2O4/c1-25-15-7-8-16(17(10-15)26-2)21-19(24)12-9-18(23)22(11-12)14-5-3-13(20)4-6-14/h3-8,10,12H,9,11H2,1-2H3,(H,21,24). The molecule has 1 saturated heterocycles. The molecule has 26 heavy (non-hydrogen) atoms. The fraction of sp³-hybridized carbons (Fsp3) is 0.263. The van der Waals surface area contributed by atoms with Gasteiger partial charge in [0.15, 0.2) is 0 Å². The van der Waals surface area contributed by atoms with Crippen LogP contribution in [0.1, 0.15) is 6.42 Å². The number of nitrogens with zero attached hydrogens (tertiary/aromatic N) is 1. The SMILES string of the molecule is COc1ccc(NC(=O)C2CC(=O)N(c3ccc(Br)cc3)C2)c(OC)c1. The van der Waals surface area contributed by atoms with E-state index in [0.717, 1.165) is 10.2 Å². The van der Waals surface area contributed by atoms with E-state index in [2.05, 4.69) is 21.2 Å². The fourth-order valence-electron chi connectivity index (χ4n) is 2.89. The van der Waals surface area contributed by atoms with Crippen LogP contribution in [0.15, 0.2) is 46.9 Å². The van der Waals surface area contributed by atoms with Crippen LogP contribution in [0.25, 0.3) is 0 Å². The van der Waals surface area contributed by atoms with Gasteiger partial charge in [0.05, 0.1) is 25.8 Å². The van der Waals surface area contributed by atoms with E-state index >= 15 is 0 Å². The molecule has 0 saturated carbocycles. The predicted molar refractivity (Wildman–Crippen MR) is 103 cm³/mol. The first-order valence-electron chi connectivity index (χ1n) is 8.10. The van der Waals surface area contributed by atoms with Crippen molar-refractivity contribution in [3.8, 4) is 11.5 Å². The largest absolute Gasteiger partial charge is 0.497 e. The number of amides is 2. The Balaban J connectivity index is 1.71. The molecule has 0 aromatic heterocycles. The van der Waals surface area contributed by atoms with Crippen LogP contribution in [-0.2, 0) is 9.59 Å². The van der Waals surface area contributed by atoms with E-state index in [9.17, 15) is 9.59 Å². The van der Waals surface area contributed by atoms with Crippen molar-refractivity contribution in [3.05, 3.63) is 46.9 Å². The first-order chi connectivity index (χ1) is 12.5. The molecule has 1 fully saturated rings. The first-order valence-corrected chi connectivity index (χ1v) is 8.90. The highest BCUT2D eigenvalue weighted by atomic mass is 79.9. The highest BCUT2D eigenvalue weighted by Crippen LogP contribution is 2.31. The van der Waals surface area contributed by atoms with Crippen molar-refractivity contribution in [1.29, 1.82) is 0 Å². The molecule has 1 heterocycles. The highest BCUT2D eigenvalue weighted by Gasteiger charge is 2.35. The number of benzene rings is 2. The van der Waals surface area contributed by atoms with Gasteiger partial charge in [-0.1, -0.05) is 15.9 Å². The molecule has 2 amide bonds. The summed E-state index contributed by atoms with van der Waals surface area (Å²) in [4.78, 5) is 26.6. The number of anilines is 2. The summed E-state index contributed by atoms with van der Waals surface area (Å²) in [5, 5.41) is 2.85. The van der Waals surface area contributed by atoms with E-state index in [4.69, 9.17) is 9.47 Å². The highest BCUT2D eigenvalue weighted by molar-refractivity contribution is 9.10. The van der Waals surface area contributed by atoms with Crippen LogP contribution in [0.2, 0.25) is 0 Å². The molecule has 7 heteroatoms. The lowest BCUT2D eigenvalue weighted by Gasteiger charge is -2.17. The van der Waals surface area contributed by atoms with Crippen molar-refractivity contribution in [3.63, 3.8) is 0 Å². The van der Waals surface area contributed by atoms with E-state index in [1.165, 1.54) is 7.11 Å². The van der Waals surface area contributed by atoms with Crippen molar-refractivity contribution in [2.45, 2.75) is 6.42 Å². The lowest BCUT2D eigenvalue weighted by molar-refractivity contribution is -0.122. The fourth-order valence-corrected chi connectivity index (χ4v) is 3.15. The van der Waals surface area contributed by atoms with Crippen LogP contribution < -0.4 is 19.7 Å². The number of ether oxygens (including phenoxy) is 2. The molecule has 0 radical (unpaired) electrons. The molecular formula is C19H19BrN2O4. The summed E-state index contributed by atoms with van der Waals surface area (Å²) < 4.78 is 11.4. The number of nitrogens with one attached hydrogen (secondary N) is 1. The van der Waals surface area contributed by atoms with E-state index in [1.54, 1.807) is 30.2 Å². The van der Waals surface area contributed by atoms with Crippen molar-refractivity contribution >= 4 is 39.1 Å². The van der Waals surface area contributed by atoms with Crippen LogP contribution in [0.3, 0.4) is 0 Å². The van der Waals surface area contributed by atoms with E-state index in [0.29, 0.717) is 23.7 Å². The zero-order valence-electron chi connectivity index (χ0n) is 14.5. The van der Waals surface area contributed by atoms with Crippen molar-refractivity contribution in [1.82, 2.24) is 0 Å². The van der Waals surface area contributed by atoms with E-state index in [-0.39, 0.29) is 18.2 Å². The summed E-state index contributed by atoms with van der Waals surface area (Å²) in [7, 11) is 3.09. The van der Waals surface area contributed by atoms with Gasteiger partial charge in [-0.3, -0.25) is 9.59 Å². The quantitative estimate of drug-likeness (QED) is 0.806. The van der Waals surface area contributed by atoms with Gasteiger partial charge in [-0.15, -0.1) is 0 Å². The molecule has 2 aromatic carbocycles. The third kappa shape index (κ3) is 3.83. The van der Waals surface area contributed by atoms with Crippen LogP contribution in [0, 0.1) is 5.92 Å². The monoisotopic (exact) mass is 418 g/mol. The average molecular weight is 419 g/mol. The number of rotatable bonds is 5. The lowest BCUT2D eigenvalue weighted by atomic mass is 10.1. The van der Waals surface area contributed by atoms with Crippen molar-refractivity contribution in [2.75, 3.05) is 31.0 Å². The molecule has 1 N–H and O–H groups in total. The molecule has 1 unspecified atom stereocenters. The minimum atomic E-state index is -0.419. The molecule has 1 aliphatic heterocycles. The Morgan fingerprint density at radius 1 is 1.15 bits per heavy atom. The minimum absolute atomic E-state index is 0.0610. The maximum atomic E-state index is 12.6. The van der Waals surface area contributed by atoms with Gasteiger partial charge in [-0.25, -0.2) is 0 Å².